The smallest absolute Gasteiger partial charge is 0.270 e. The van der Waals surface area contributed by atoms with Gasteiger partial charge < -0.3 is 10.1 Å². The molecule has 1 amide bonds. The van der Waals surface area contributed by atoms with Crippen molar-refractivity contribution in [3.05, 3.63) is 46.0 Å². The zero-order valence-corrected chi connectivity index (χ0v) is 14.7. The Morgan fingerprint density at radius 1 is 1.52 bits per heavy atom. The summed E-state index contributed by atoms with van der Waals surface area (Å²) >= 11 is 0. The number of morpholine rings is 1. The number of benzene rings is 1. The van der Waals surface area contributed by atoms with Crippen molar-refractivity contribution < 1.29 is 14.5 Å². The van der Waals surface area contributed by atoms with Crippen LogP contribution in [0.3, 0.4) is 0 Å². The molecule has 1 heterocycles. The van der Waals surface area contributed by atoms with Gasteiger partial charge >= 0.3 is 0 Å². The molecule has 0 bridgehead atoms. The molecule has 1 aliphatic rings. The fraction of sp³-hybridized carbons (Fsp3) is 0.500. The summed E-state index contributed by atoms with van der Waals surface area (Å²) in [6.45, 7) is 8.27. The van der Waals surface area contributed by atoms with E-state index in [1.807, 2.05) is 0 Å². The number of nitrogens with one attached hydrogen (secondary N) is 1. The van der Waals surface area contributed by atoms with E-state index in [-0.39, 0.29) is 17.7 Å². The molecular weight excluding hydrogens is 322 g/mol. The predicted molar refractivity (Wildman–Crippen MR) is 96.2 cm³/mol. The van der Waals surface area contributed by atoms with Crippen molar-refractivity contribution in [1.29, 1.82) is 0 Å². The number of carbonyl (C=O) groups excluding carboxylic acids is 1. The summed E-state index contributed by atoms with van der Waals surface area (Å²) in [7, 11) is 0. The van der Waals surface area contributed by atoms with Crippen molar-refractivity contribution in [1.82, 2.24) is 10.2 Å². The lowest BCUT2D eigenvalue weighted by Gasteiger charge is -2.33. The number of hydrogen-bond acceptors (Lipinski definition) is 5. The first-order valence-corrected chi connectivity index (χ1v) is 8.48. The molecule has 1 unspecified atom stereocenters. The summed E-state index contributed by atoms with van der Waals surface area (Å²) in [5, 5.41) is 13.6. The molecule has 0 spiro atoms. The molecule has 0 aromatic heterocycles. The van der Waals surface area contributed by atoms with Gasteiger partial charge in [-0.1, -0.05) is 26.0 Å². The lowest BCUT2D eigenvalue weighted by Crippen LogP contribution is -2.48. The summed E-state index contributed by atoms with van der Waals surface area (Å²) in [5.74, 6) is 0.363. The van der Waals surface area contributed by atoms with Crippen LogP contribution in [0.4, 0.5) is 5.69 Å². The van der Waals surface area contributed by atoms with E-state index in [0.717, 1.165) is 19.6 Å². The highest BCUT2D eigenvalue weighted by molar-refractivity contribution is 5.91. The van der Waals surface area contributed by atoms with Gasteiger partial charge in [-0.2, -0.15) is 0 Å². The zero-order chi connectivity index (χ0) is 18.2. The number of rotatable bonds is 7. The lowest BCUT2D eigenvalue weighted by atomic mass is 10.1. The topological polar surface area (TPSA) is 84.7 Å². The van der Waals surface area contributed by atoms with Crippen LogP contribution in [0, 0.1) is 16.0 Å². The van der Waals surface area contributed by atoms with Gasteiger partial charge in [0, 0.05) is 44.4 Å². The van der Waals surface area contributed by atoms with Crippen molar-refractivity contribution in [2.75, 3.05) is 32.8 Å². The average molecular weight is 347 g/mol. The minimum absolute atomic E-state index is 0.00316. The van der Waals surface area contributed by atoms with E-state index in [2.05, 4.69) is 24.1 Å². The Bertz CT molecular complexity index is 631. The molecule has 0 radical (unpaired) electrons. The summed E-state index contributed by atoms with van der Waals surface area (Å²) < 4.78 is 5.69. The number of nitrogens with zero attached hydrogens (tertiary/aromatic N) is 2. The minimum Gasteiger partial charge on any atom is -0.374 e. The molecule has 0 saturated carbocycles. The first-order chi connectivity index (χ1) is 11.9. The molecule has 1 fully saturated rings. The molecule has 1 aliphatic heterocycles. The van der Waals surface area contributed by atoms with E-state index in [0.29, 0.717) is 24.6 Å². The fourth-order valence-corrected chi connectivity index (χ4v) is 2.77. The van der Waals surface area contributed by atoms with Gasteiger partial charge in [0.25, 0.3) is 5.69 Å². The Kier molecular flexibility index (Phi) is 7.09. The van der Waals surface area contributed by atoms with Crippen LogP contribution in [0.15, 0.2) is 30.3 Å². The third-order valence-electron chi connectivity index (χ3n) is 3.86. The molecule has 1 aromatic rings. The monoisotopic (exact) mass is 347 g/mol. The van der Waals surface area contributed by atoms with Crippen LogP contribution >= 0.6 is 0 Å². The van der Waals surface area contributed by atoms with Crippen LogP contribution in [0.25, 0.3) is 6.08 Å². The van der Waals surface area contributed by atoms with Crippen molar-refractivity contribution in [2.45, 2.75) is 20.0 Å². The third-order valence-corrected chi connectivity index (χ3v) is 3.86. The third kappa shape index (κ3) is 6.64. The zero-order valence-electron chi connectivity index (χ0n) is 14.7. The molecule has 2 rings (SSSR count). The summed E-state index contributed by atoms with van der Waals surface area (Å²) in [4.78, 5) is 24.6. The summed E-state index contributed by atoms with van der Waals surface area (Å²) in [5.41, 5.74) is 0.616. The molecule has 7 nitrogen and oxygen atoms in total. The number of non-ortho nitro benzene ring substituents is 1. The van der Waals surface area contributed by atoms with E-state index in [1.54, 1.807) is 18.2 Å². The second-order valence-electron chi connectivity index (χ2n) is 6.58. The number of nitro groups is 1. The predicted octanol–water partition coefficient (Wildman–Crippen LogP) is 2.08. The van der Waals surface area contributed by atoms with Crippen LogP contribution in [-0.4, -0.2) is 54.6 Å². The highest BCUT2D eigenvalue weighted by atomic mass is 16.6. The van der Waals surface area contributed by atoms with Gasteiger partial charge in [0.15, 0.2) is 0 Å². The van der Waals surface area contributed by atoms with Crippen molar-refractivity contribution in [3.8, 4) is 0 Å². The first kappa shape index (κ1) is 19.1. The maximum absolute atomic E-state index is 11.9. The highest BCUT2D eigenvalue weighted by Crippen LogP contribution is 2.14. The molecule has 1 N–H and O–H groups in total. The number of ether oxygens (including phenoxy) is 1. The van der Waals surface area contributed by atoms with Crippen molar-refractivity contribution in [2.24, 2.45) is 5.92 Å². The van der Waals surface area contributed by atoms with Gasteiger partial charge in [0.2, 0.25) is 5.91 Å². The summed E-state index contributed by atoms with van der Waals surface area (Å²) in [6.07, 6.45) is 2.94. The first-order valence-electron chi connectivity index (χ1n) is 8.48. The molecule has 1 atom stereocenters. The Balaban J connectivity index is 1.80. The standard InChI is InChI=1S/C18H25N3O4/c1-14(2)12-20-8-9-25-17(13-20)11-19-18(22)7-6-15-4-3-5-16(10-15)21(23)24/h3-7,10,14,17H,8-9,11-13H2,1-2H3,(H,19,22)/b7-6+. The van der Waals surface area contributed by atoms with E-state index < -0.39 is 4.92 Å². The maximum Gasteiger partial charge on any atom is 0.270 e. The summed E-state index contributed by atoms with van der Waals surface area (Å²) in [6, 6.07) is 6.15. The van der Waals surface area contributed by atoms with E-state index in [1.165, 1.54) is 18.2 Å². The van der Waals surface area contributed by atoms with Gasteiger partial charge in [0.1, 0.15) is 0 Å². The van der Waals surface area contributed by atoms with E-state index in [4.69, 9.17) is 4.74 Å². The second kappa shape index (κ2) is 9.29. The Labute approximate surface area is 147 Å². The fourth-order valence-electron chi connectivity index (χ4n) is 2.77. The SMILES string of the molecule is CC(C)CN1CCOC(CNC(=O)/C=C/c2cccc([N+](=O)[O-])c2)C1. The largest absolute Gasteiger partial charge is 0.374 e. The number of nitro benzene ring substituents is 1. The highest BCUT2D eigenvalue weighted by Gasteiger charge is 2.21. The van der Waals surface area contributed by atoms with Crippen LogP contribution in [0.5, 0.6) is 0 Å². The second-order valence-corrected chi connectivity index (χ2v) is 6.58. The van der Waals surface area contributed by atoms with Crippen LogP contribution < -0.4 is 5.32 Å². The number of hydrogen-bond donors (Lipinski definition) is 1. The van der Waals surface area contributed by atoms with Gasteiger partial charge in [-0.3, -0.25) is 19.8 Å². The van der Waals surface area contributed by atoms with Gasteiger partial charge in [0.05, 0.1) is 17.6 Å². The normalized spacial score (nSPS) is 18.6. The Morgan fingerprint density at radius 2 is 2.32 bits per heavy atom. The van der Waals surface area contributed by atoms with E-state index >= 15 is 0 Å². The Hall–Kier alpha value is -2.25. The minimum atomic E-state index is -0.458. The van der Waals surface area contributed by atoms with Crippen LogP contribution in [0.2, 0.25) is 0 Å². The van der Waals surface area contributed by atoms with Gasteiger partial charge in [-0.15, -0.1) is 0 Å². The maximum atomic E-state index is 11.9. The molecule has 1 aromatic carbocycles. The molecule has 136 valence electrons. The van der Waals surface area contributed by atoms with Gasteiger partial charge in [-0.05, 0) is 17.6 Å². The van der Waals surface area contributed by atoms with Crippen LogP contribution in [-0.2, 0) is 9.53 Å². The molecule has 7 heteroatoms. The molecule has 25 heavy (non-hydrogen) atoms. The molecule has 1 saturated heterocycles. The van der Waals surface area contributed by atoms with E-state index in [9.17, 15) is 14.9 Å². The number of amides is 1. The van der Waals surface area contributed by atoms with Crippen molar-refractivity contribution >= 4 is 17.7 Å². The molecule has 0 aliphatic carbocycles. The average Bonchev–Trinajstić information content (AvgIpc) is 2.58. The quantitative estimate of drug-likeness (QED) is 0.464. The van der Waals surface area contributed by atoms with Crippen LogP contribution in [0.1, 0.15) is 19.4 Å². The molecular formula is C18H25N3O4. The Morgan fingerprint density at radius 3 is 3.04 bits per heavy atom. The lowest BCUT2D eigenvalue weighted by molar-refractivity contribution is -0.384. The number of carbonyl (C=O) groups is 1. The van der Waals surface area contributed by atoms with Gasteiger partial charge in [-0.25, -0.2) is 0 Å². The van der Waals surface area contributed by atoms with Crippen molar-refractivity contribution in [3.63, 3.8) is 0 Å².